The average Bonchev–Trinajstić information content (AvgIpc) is 2.44. The summed E-state index contributed by atoms with van der Waals surface area (Å²) in [6.45, 7) is 3.31. The van der Waals surface area contributed by atoms with Gasteiger partial charge in [-0.05, 0) is 32.0 Å². The lowest BCUT2D eigenvalue weighted by atomic mass is 10.0. The van der Waals surface area contributed by atoms with Crippen molar-refractivity contribution in [2.45, 2.75) is 26.1 Å². The Morgan fingerprint density at radius 2 is 2.00 bits per heavy atom. The third-order valence-corrected chi connectivity index (χ3v) is 3.17. The Labute approximate surface area is 120 Å². The molecule has 1 aromatic rings. The number of rotatable bonds is 4. The zero-order chi connectivity index (χ0) is 16.2. The second-order valence-electron chi connectivity index (χ2n) is 4.61. The van der Waals surface area contributed by atoms with Gasteiger partial charge in [-0.1, -0.05) is 0 Å². The van der Waals surface area contributed by atoms with Crippen LogP contribution < -0.4 is 5.32 Å². The van der Waals surface area contributed by atoms with Crippen molar-refractivity contribution in [3.8, 4) is 6.07 Å². The summed E-state index contributed by atoms with van der Waals surface area (Å²) in [5.41, 5.74) is -0.777. The van der Waals surface area contributed by atoms with Crippen LogP contribution in [0.25, 0.3) is 0 Å². The van der Waals surface area contributed by atoms with Crippen LogP contribution in [0.15, 0.2) is 18.2 Å². The van der Waals surface area contributed by atoms with Crippen molar-refractivity contribution in [2.24, 2.45) is 5.92 Å². The van der Waals surface area contributed by atoms with Gasteiger partial charge in [0.05, 0.1) is 29.8 Å². The maximum Gasteiger partial charge on any atom is 0.416 e. The van der Waals surface area contributed by atoms with E-state index in [0.717, 1.165) is 12.1 Å². The second-order valence-corrected chi connectivity index (χ2v) is 4.61. The Kier molecular flexibility index (Phi) is 5.19. The number of ether oxygens (including phenoxy) is 1. The van der Waals surface area contributed by atoms with E-state index in [2.05, 4.69) is 10.1 Å². The molecule has 4 nitrogen and oxygen atoms in total. The first-order valence-corrected chi connectivity index (χ1v) is 6.16. The molecule has 1 N–H and O–H groups in total. The van der Waals surface area contributed by atoms with Crippen molar-refractivity contribution < 1.29 is 22.7 Å². The summed E-state index contributed by atoms with van der Waals surface area (Å²) in [6, 6.07) is 4.16. The summed E-state index contributed by atoms with van der Waals surface area (Å²) in [4.78, 5) is 11.4. The third-order valence-electron chi connectivity index (χ3n) is 3.17. The topological polar surface area (TPSA) is 62.1 Å². The van der Waals surface area contributed by atoms with Gasteiger partial charge in [0.25, 0.3) is 0 Å². The van der Waals surface area contributed by atoms with Crippen LogP contribution in [0.3, 0.4) is 0 Å². The molecule has 114 valence electrons. The molecular formula is C14H15F3N2O2. The van der Waals surface area contributed by atoms with E-state index in [1.165, 1.54) is 13.2 Å². The van der Waals surface area contributed by atoms with E-state index in [1.54, 1.807) is 19.9 Å². The van der Waals surface area contributed by atoms with Crippen molar-refractivity contribution in [1.82, 2.24) is 0 Å². The highest BCUT2D eigenvalue weighted by molar-refractivity contribution is 5.73. The normalized spacial score (nSPS) is 14.0. The molecule has 1 aromatic carbocycles. The zero-order valence-electron chi connectivity index (χ0n) is 11.8. The minimum absolute atomic E-state index is 0.131. The molecule has 0 radical (unpaired) electrons. The first kappa shape index (κ1) is 16.8. The van der Waals surface area contributed by atoms with Crippen molar-refractivity contribution in [3.05, 3.63) is 29.3 Å². The summed E-state index contributed by atoms with van der Waals surface area (Å²) in [7, 11) is 1.25. The van der Waals surface area contributed by atoms with Gasteiger partial charge in [-0.3, -0.25) is 4.79 Å². The Morgan fingerprint density at radius 1 is 1.38 bits per heavy atom. The molecule has 0 saturated carbocycles. The number of nitrogens with one attached hydrogen (secondary N) is 1. The van der Waals surface area contributed by atoms with Gasteiger partial charge in [0.1, 0.15) is 6.07 Å². The van der Waals surface area contributed by atoms with Crippen molar-refractivity contribution in [1.29, 1.82) is 5.26 Å². The summed E-state index contributed by atoms with van der Waals surface area (Å²) in [5.74, 6) is -0.954. The molecular weight excluding hydrogens is 285 g/mol. The number of halogens is 3. The molecule has 0 amide bonds. The number of esters is 1. The van der Waals surface area contributed by atoms with Gasteiger partial charge >= 0.3 is 12.1 Å². The second kappa shape index (κ2) is 6.48. The van der Waals surface area contributed by atoms with Gasteiger partial charge in [-0.25, -0.2) is 0 Å². The van der Waals surface area contributed by atoms with E-state index < -0.39 is 29.7 Å². The zero-order valence-corrected chi connectivity index (χ0v) is 11.8. The van der Waals surface area contributed by atoms with E-state index in [-0.39, 0.29) is 11.3 Å². The maximum absolute atomic E-state index is 12.6. The molecule has 0 bridgehead atoms. The number of hydrogen-bond acceptors (Lipinski definition) is 4. The average molecular weight is 300 g/mol. The van der Waals surface area contributed by atoms with E-state index in [1.807, 2.05) is 0 Å². The summed E-state index contributed by atoms with van der Waals surface area (Å²) in [5, 5.41) is 11.8. The van der Waals surface area contributed by atoms with Gasteiger partial charge in [0.2, 0.25) is 0 Å². The van der Waals surface area contributed by atoms with Gasteiger partial charge in [-0.2, -0.15) is 18.4 Å². The summed E-state index contributed by atoms with van der Waals surface area (Å²) in [6.07, 6.45) is -4.50. The number of alkyl halides is 3. The number of nitrogens with zero attached hydrogens (tertiary/aromatic N) is 1. The first-order valence-electron chi connectivity index (χ1n) is 6.16. The van der Waals surface area contributed by atoms with Crippen LogP contribution in [0.5, 0.6) is 0 Å². The Bertz CT molecular complexity index is 564. The highest BCUT2D eigenvalue weighted by Gasteiger charge is 2.31. The SMILES string of the molecule is COC(=O)C(C)C(C)Nc1ccc(C(F)(F)F)cc1C#N. The van der Waals surface area contributed by atoms with Crippen LogP contribution in [0.4, 0.5) is 18.9 Å². The fourth-order valence-corrected chi connectivity index (χ4v) is 1.70. The number of nitriles is 1. The molecule has 7 heteroatoms. The number of hydrogen-bond donors (Lipinski definition) is 1. The summed E-state index contributed by atoms with van der Waals surface area (Å²) >= 11 is 0. The van der Waals surface area contributed by atoms with Gasteiger partial charge < -0.3 is 10.1 Å². The fourth-order valence-electron chi connectivity index (χ4n) is 1.70. The lowest BCUT2D eigenvalue weighted by Gasteiger charge is -2.21. The van der Waals surface area contributed by atoms with Crippen LogP contribution in [-0.2, 0) is 15.7 Å². The monoisotopic (exact) mass is 300 g/mol. The Balaban J connectivity index is 3.00. The quantitative estimate of drug-likeness (QED) is 0.867. The Morgan fingerprint density at radius 3 is 2.48 bits per heavy atom. The predicted octanol–water partition coefficient (Wildman–Crippen LogP) is 3.19. The number of anilines is 1. The Hall–Kier alpha value is -2.23. The molecule has 21 heavy (non-hydrogen) atoms. The predicted molar refractivity (Wildman–Crippen MR) is 70.4 cm³/mol. The molecule has 0 aliphatic heterocycles. The number of carbonyl (C=O) groups is 1. The molecule has 1 rings (SSSR count). The molecule has 0 fully saturated rings. The molecule has 2 atom stereocenters. The third kappa shape index (κ3) is 4.12. The molecule has 0 aliphatic rings. The van der Waals surface area contributed by atoms with Gasteiger partial charge in [0, 0.05) is 6.04 Å². The molecule has 0 aliphatic carbocycles. The number of benzene rings is 1. The highest BCUT2D eigenvalue weighted by atomic mass is 19.4. The lowest BCUT2D eigenvalue weighted by molar-refractivity contribution is -0.145. The van der Waals surface area contributed by atoms with Gasteiger partial charge in [-0.15, -0.1) is 0 Å². The first-order chi connectivity index (χ1) is 9.70. The molecule has 0 saturated heterocycles. The van der Waals surface area contributed by atoms with E-state index in [0.29, 0.717) is 0 Å². The lowest BCUT2D eigenvalue weighted by Crippen LogP contribution is -2.31. The van der Waals surface area contributed by atoms with Crippen molar-refractivity contribution in [2.75, 3.05) is 12.4 Å². The van der Waals surface area contributed by atoms with E-state index in [9.17, 15) is 18.0 Å². The molecule has 0 spiro atoms. The van der Waals surface area contributed by atoms with E-state index >= 15 is 0 Å². The largest absolute Gasteiger partial charge is 0.469 e. The standard InChI is InChI=1S/C14H15F3N2O2/c1-8(13(20)21-3)9(2)19-12-5-4-11(14(15,16)17)6-10(12)7-18/h4-6,8-9,19H,1-3H3. The minimum Gasteiger partial charge on any atom is -0.469 e. The maximum atomic E-state index is 12.6. The number of methoxy groups -OCH3 is 1. The van der Waals surface area contributed by atoms with Gasteiger partial charge in [0.15, 0.2) is 0 Å². The molecule has 2 unspecified atom stereocenters. The van der Waals surface area contributed by atoms with E-state index in [4.69, 9.17) is 5.26 Å². The van der Waals surface area contributed by atoms with Crippen LogP contribution in [0, 0.1) is 17.2 Å². The van der Waals surface area contributed by atoms with Crippen molar-refractivity contribution in [3.63, 3.8) is 0 Å². The molecule has 0 aromatic heterocycles. The van der Waals surface area contributed by atoms with Crippen LogP contribution >= 0.6 is 0 Å². The van der Waals surface area contributed by atoms with Crippen LogP contribution in [0.2, 0.25) is 0 Å². The number of carbonyl (C=O) groups excluding carboxylic acids is 1. The fraction of sp³-hybridized carbons (Fsp3) is 0.429. The van der Waals surface area contributed by atoms with Crippen LogP contribution in [-0.4, -0.2) is 19.1 Å². The summed E-state index contributed by atoms with van der Waals surface area (Å²) < 4.78 is 42.4. The molecule has 0 heterocycles. The highest BCUT2D eigenvalue weighted by Crippen LogP contribution is 2.32. The van der Waals surface area contributed by atoms with Crippen LogP contribution in [0.1, 0.15) is 25.0 Å². The minimum atomic E-state index is -4.50. The smallest absolute Gasteiger partial charge is 0.416 e. The van der Waals surface area contributed by atoms with Crippen molar-refractivity contribution >= 4 is 11.7 Å².